The van der Waals surface area contributed by atoms with Gasteiger partial charge in [-0.25, -0.2) is 8.42 Å². The summed E-state index contributed by atoms with van der Waals surface area (Å²) in [6.07, 6.45) is 3.05. The maximum atomic E-state index is 12.3. The first-order valence-corrected chi connectivity index (χ1v) is 10.6. The van der Waals surface area contributed by atoms with Crippen molar-refractivity contribution in [2.75, 3.05) is 19.3 Å². The molecule has 0 heterocycles. The molecule has 2 aromatic carbocycles. The van der Waals surface area contributed by atoms with Crippen LogP contribution in [0.25, 0.3) is 0 Å². The molecule has 27 heavy (non-hydrogen) atoms. The minimum atomic E-state index is -3.28. The van der Waals surface area contributed by atoms with E-state index >= 15 is 0 Å². The molecule has 0 aliphatic heterocycles. The molecule has 5 nitrogen and oxygen atoms in total. The molecule has 146 valence electrons. The highest BCUT2D eigenvalue weighted by molar-refractivity contribution is 14.0. The van der Waals surface area contributed by atoms with Crippen molar-refractivity contribution in [1.29, 1.82) is 0 Å². The van der Waals surface area contributed by atoms with Crippen LogP contribution >= 0.6 is 24.0 Å². The maximum Gasteiger partial charge on any atom is 0.191 e. The van der Waals surface area contributed by atoms with Crippen LogP contribution < -0.4 is 10.6 Å². The van der Waals surface area contributed by atoms with Gasteiger partial charge in [0.1, 0.15) is 0 Å². The standard InChI is InChI=1S/C20H25N3O2S.HI/c1-21-20(22-13-14-26(24,25)19-9-3-2-4-10-19)23-18-12-11-16-7-5-6-8-17(16)15-18;/h2-10,18H,11-15H2,1H3,(H2,21,22,23);1H. The van der Waals surface area contributed by atoms with Crippen molar-refractivity contribution in [2.24, 2.45) is 4.99 Å². The van der Waals surface area contributed by atoms with Crippen LogP contribution in [0.2, 0.25) is 0 Å². The minimum Gasteiger partial charge on any atom is -0.355 e. The van der Waals surface area contributed by atoms with Crippen LogP contribution in [0.4, 0.5) is 0 Å². The van der Waals surface area contributed by atoms with Gasteiger partial charge in [0.15, 0.2) is 15.8 Å². The average molecular weight is 499 g/mol. The summed E-state index contributed by atoms with van der Waals surface area (Å²) < 4.78 is 24.7. The molecule has 0 aromatic heterocycles. The largest absolute Gasteiger partial charge is 0.355 e. The normalized spacial score (nSPS) is 16.8. The molecule has 1 aliphatic carbocycles. The SMILES string of the molecule is CN=C(NCCS(=O)(=O)c1ccccc1)NC1CCc2ccccc2C1.I. The van der Waals surface area contributed by atoms with E-state index < -0.39 is 9.84 Å². The van der Waals surface area contributed by atoms with Crippen molar-refractivity contribution in [3.05, 3.63) is 65.7 Å². The maximum absolute atomic E-state index is 12.3. The van der Waals surface area contributed by atoms with E-state index in [1.54, 1.807) is 31.3 Å². The summed E-state index contributed by atoms with van der Waals surface area (Å²) >= 11 is 0. The van der Waals surface area contributed by atoms with Crippen LogP contribution in [0.3, 0.4) is 0 Å². The van der Waals surface area contributed by atoms with Gasteiger partial charge in [-0.1, -0.05) is 42.5 Å². The fraction of sp³-hybridized carbons (Fsp3) is 0.350. The average Bonchev–Trinajstić information content (AvgIpc) is 2.67. The summed E-state index contributed by atoms with van der Waals surface area (Å²) in [5, 5.41) is 6.54. The number of guanidine groups is 1. The molecule has 3 rings (SSSR count). The van der Waals surface area contributed by atoms with Crippen LogP contribution in [0, 0.1) is 0 Å². The zero-order chi connectivity index (χ0) is 18.4. The third-order valence-electron chi connectivity index (χ3n) is 4.68. The zero-order valence-corrected chi connectivity index (χ0v) is 18.5. The van der Waals surface area contributed by atoms with Crippen molar-refractivity contribution in [1.82, 2.24) is 10.6 Å². The summed E-state index contributed by atoms with van der Waals surface area (Å²) in [4.78, 5) is 4.59. The van der Waals surface area contributed by atoms with E-state index in [9.17, 15) is 8.42 Å². The Labute approximate surface area is 178 Å². The molecule has 0 saturated heterocycles. The Balaban J connectivity index is 0.00000261. The fourth-order valence-electron chi connectivity index (χ4n) is 3.26. The lowest BCUT2D eigenvalue weighted by atomic mass is 9.88. The topological polar surface area (TPSA) is 70.6 Å². The van der Waals surface area contributed by atoms with Crippen molar-refractivity contribution in [2.45, 2.75) is 30.2 Å². The second-order valence-electron chi connectivity index (χ2n) is 6.48. The van der Waals surface area contributed by atoms with Gasteiger partial charge in [0.05, 0.1) is 10.6 Å². The van der Waals surface area contributed by atoms with Crippen LogP contribution in [0.5, 0.6) is 0 Å². The summed E-state index contributed by atoms with van der Waals surface area (Å²) in [7, 11) is -1.58. The Morgan fingerprint density at radius 1 is 1.07 bits per heavy atom. The van der Waals surface area contributed by atoms with Crippen molar-refractivity contribution >= 4 is 39.8 Å². The first-order valence-electron chi connectivity index (χ1n) is 8.90. The van der Waals surface area contributed by atoms with Crippen LogP contribution in [-0.2, 0) is 22.7 Å². The lowest BCUT2D eigenvalue weighted by Crippen LogP contribution is -2.46. The molecule has 0 saturated carbocycles. The number of nitrogens with zero attached hydrogens (tertiary/aromatic N) is 1. The number of nitrogens with one attached hydrogen (secondary N) is 2. The third-order valence-corrected chi connectivity index (χ3v) is 6.41. The molecule has 1 aliphatic rings. The van der Waals surface area contributed by atoms with Crippen LogP contribution in [-0.4, -0.2) is 39.8 Å². The highest BCUT2D eigenvalue weighted by Gasteiger charge is 2.19. The number of rotatable bonds is 5. The Morgan fingerprint density at radius 3 is 2.44 bits per heavy atom. The second-order valence-corrected chi connectivity index (χ2v) is 8.59. The Morgan fingerprint density at radius 2 is 1.74 bits per heavy atom. The first-order chi connectivity index (χ1) is 12.6. The number of aliphatic imine (C=N–C) groups is 1. The fourth-order valence-corrected chi connectivity index (χ4v) is 4.44. The van der Waals surface area contributed by atoms with Gasteiger partial charge in [0.25, 0.3) is 0 Å². The van der Waals surface area contributed by atoms with Crippen molar-refractivity contribution in [3.63, 3.8) is 0 Å². The number of aryl methyl sites for hydroxylation is 1. The van der Waals surface area contributed by atoms with E-state index in [-0.39, 0.29) is 29.7 Å². The van der Waals surface area contributed by atoms with Gasteiger partial charge >= 0.3 is 0 Å². The van der Waals surface area contributed by atoms with E-state index in [4.69, 9.17) is 0 Å². The number of halogens is 1. The molecule has 0 amide bonds. The molecule has 0 radical (unpaired) electrons. The highest BCUT2D eigenvalue weighted by atomic mass is 127. The minimum absolute atomic E-state index is 0. The number of sulfone groups is 1. The van der Waals surface area contributed by atoms with E-state index in [1.165, 1.54) is 11.1 Å². The molecule has 0 fully saturated rings. The summed E-state index contributed by atoms with van der Waals surface area (Å²) in [6.45, 7) is 0.320. The van der Waals surface area contributed by atoms with Gasteiger partial charge < -0.3 is 10.6 Å². The highest BCUT2D eigenvalue weighted by Crippen LogP contribution is 2.20. The molecule has 0 spiro atoms. The molecule has 1 atom stereocenters. The number of hydrogen-bond acceptors (Lipinski definition) is 3. The molecular formula is C20H26IN3O2S. The zero-order valence-electron chi connectivity index (χ0n) is 15.4. The molecule has 7 heteroatoms. The molecule has 2 aromatic rings. The molecule has 0 bridgehead atoms. The molecular weight excluding hydrogens is 473 g/mol. The Hall–Kier alpha value is -1.61. The van der Waals surface area contributed by atoms with Gasteiger partial charge in [0.2, 0.25) is 0 Å². The Bertz CT molecular complexity index is 870. The predicted molar refractivity (Wildman–Crippen MR) is 121 cm³/mol. The third kappa shape index (κ3) is 5.93. The molecule has 1 unspecified atom stereocenters. The van der Waals surface area contributed by atoms with Gasteiger partial charge in [-0.2, -0.15) is 0 Å². The van der Waals surface area contributed by atoms with Gasteiger partial charge in [0, 0.05) is 19.6 Å². The number of fused-ring (bicyclic) bond motifs is 1. The van der Waals surface area contributed by atoms with Gasteiger partial charge in [-0.15, -0.1) is 24.0 Å². The number of benzene rings is 2. The van der Waals surface area contributed by atoms with Crippen LogP contribution in [0.1, 0.15) is 17.5 Å². The van der Waals surface area contributed by atoms with E-state index in [2.05, 4.69) is 39.9 Å². The van der Waals surface area contributed by atoms with Gasteiger partial charge in [-0.3, -0.25) is 4.99 Å². The van der Waals surface area contributed by atoms with Crippen molar-refractivity contribution < 1.29 is 8.42 Å². The monoisotopic (exact) mass is 499 g/mol. The second kappa shape index (κ2) is 10.1. The summed E-state index contributed by atoms with van der Waals surface area (Å²) in [6, 6.07) is 17.4. The summed E-state index contributed by atoms with van der Waals surface area (Å²) in [5.74, 6) is 0.684. The smallest absolute Gasteiger partial charge is 0.191 e. The Kier molecular flexibility index (Phi) is 8.09. The summed E-state index contributed by atoms with van der Waals surface area (Å²) in [5.41, 5.74) is 2.79. The van der Waals surface area contributed by atoms with Crippen LogP contribution in [0.15, 0.2) is 64.5 Å². The first kappa shape index (κ1) is 21.7. The predicted octanol–water partition coefficient (Wildman–Crippen LogP) is 2.80. The number of hydrogen-bond donors (Lipinski definition) is 2. The molecule has 2 N–H and O–H groups in total. The van der Waals surface area contributed by atoms with Gasteiger partial charge in [-0.05, 0) is 42.5 Å². The lowest BCUT2D eigenvalue weighted by molar-refractivity contribution is 0.521. The van der Waals surface area contributed by atoms with E-state index in [0.29, 0.717) is 23.4 Å². The lowest BCUT2D eigenvalue weighted by Gasteiger charge is -2.27. The van der Waals surface area contributed by atoms with E-state index in [0.717, 1.165) is 19.3 Å². The van der Waals surface area contributed by atoms with E-state index in [1.807, 2.05) is 6.07 Å². The van der Waals surface area contributed by atoms with Crippen molar-refractivity contribution in [3.8, 4) is 0 Å². The quantitative estimate of drug-likeness (QED) is 0.377.